The third-order valence-electron chi connectivity index (χ3n) is 3.24. The van der Waals surface area contributed by atoms with Gasteiger partial charge in [0.2, 0.25) is 0 Å². The molecule has 0 radical (unpaired) electrons. The summed E-state index contributed by atoms with van der Waals surface area (Å²) in [6, 6.07) is 6.70. The van der Waals surface area contributed by atoms with E-state index in [-0.39, 0.29) is 16.1 Å². The first-order valence-corrected chi connectivity index (χ1v) is 5.78. The van der Waals surface area contributed by atoms with Crippen LogP contribution in [-0.2, 0) is 6.54 Å². The van der Waals surface area contributed by atoms with Crippen LogP contribution in [0.4, 0.5) is 5.69 Å². The third-order valence-corrected chi connectivity index (χ3v) is 3.24. The first-order chi connectivity index (χ1) is 8.09. The highest BCUT2D eigenvalue weighted by atomic mass is 16.6. The molecule has 0 amide bonds. The van der Waals surface area contributed by atoms with Gasteiger partial charge in [0.15, 0.2) is 0 Å². The van der Waals surface area contributed by atoms with Crippen LogP contribution in [0.3, 0.4) is 0 Å². The van der Waals surface area contributed by atoms with Gasteiger partial charge in [-0.1, -0.05) is 12.1 Å². The molecule has 5 heteroatoms. The molecule has 0 saturated carbocycles. The smallest absolute Gasteiger partial charge is 0.269 e. The van der Waals surface area contributed by atoms with Crippen LogP contribution >= 0.6 is 0 Å². The topological polar surface area (TPSA) is 67.2 Å². The van der Waals surface area contributed by atoms with Gasteiger partial charge in [-0.2, -0.15) is 0 Å². The summed E-state index contributed by atoms with van der Waals surface area (Å²) < 4.78 is 0. The number of hydrogen-bond acceptors (Lipinski definition) is 4. The van der Waals surface area contributed by atoms with Gasteiger partial charge in [-0.3, -0.25) is 10.1 Å². The molecule has 17 heavy (non-hydrogen) atoms. The van der Waals surface area contributed by atoms with Crippen LogP contribution in [0.25, 0.3) is 0 Å². The van der Waals surface area contributed by atoms with Gasteiger partial charge in [-0.25, -0.2) is 0 Å². The number of nitrogens with one attached hydrogen (secondary N) is 2. The normalized spacial score (nSPS) is 23.8. The minimum Gasteiger partial charge on any atom is -0.315 e. The number of nitro benzene ring substituents is 1. The van der Waals surface area contributed by atoms with Gasteiger partial charge >= 0.3 is 0 Å². The van der Waals surface area contributed by atoms with Gasteiger partial charge in [0.1, 0.15) is 0 Å². The predicted octanol–water partition coefficient (Wildman–Crippen LogP) is 1.44. The van der Waals surface area contributed by atoms with Gasteiger partial charge < -0.3 is 10.6 Å². The molecule has 1 aromatic rings. The molecule has 0 aromatic heterocycles. The molecule has 5 nitrogen and oxygen atoms in total. The molecule has 0 spiro atoms. The minimum absolute atomic E-state index is 0.141. The second kappa shape index (κ2) is 4.81. The number of hydrogen-bond donors (Lipinski definition) is 2. The number of nitro groups is 1. The fourth-order valence-electron chi connectivity index (χ4n) is 2.02. The Labute approximate surface area is 100 Å². The molecular formula is C12H17N3O2. The van der Waals surface area contributed by atoms with Crippen molar-refractivity contribution in [3.8, 4) is 0 Å². The zero-order valence-electron chi connectivity index (χ0n) is 9.90. The lowest BCUT2D eigenvalue weighted by atomic mass is 10.0. The van der Waals surface area contributed by atoms with Crippen LogP contribution in [-0.4, -0.2) is 23.6 Å². The van der Waals surface area contributed by atoms with E-state index in [1.54, 1.807) is 24.3 Å². The van der Waals surface area contributed by atoms with Gasteiger partial charge in [-0.15, -0.1) is 0 Å². The lowest BCUT2D eigenvalue weighted by Crippen LogP contribution is -2.43. The summed E-state index contributed by atoms with van der Waals surface area (Å²) in [6.45, 7) is 4.96. The molecule has 1 unspecified atom stereocenters. The summed E-state index contributed by atoms with van der Waals surface area (Å²) in [6.07, 6.45) is 1.11. The molecular weight excluding hydrogens is 218 g/mol. The van der Waals surface area contributed by atoms with Crippen molar-refractivity contribution in [2.24, 2.45) is 0 Å². The Morgan fingerprint density at radius 1 is 1.47 bits per heavy atom. The van der Waals surface area contributed by atoms with Crippen molar-refractivity contribution in [2.45, 2.75) is 25.4 Å². The van der Waals surface area contributed by atoms with E-state index < -0.39 is 0 Å². The third kappa shape index (κ3) is 3.01. The molecule has 0 bridgehead atoms. The molecule has 1 aliphatic heterocycles. The zero-order chi connectivity index (χ0) is 12.3. The summed E-state index contributed by atoms with van der Waals surface area (Å²) in [5.41, 5.74) is 1.35. The highest BCUT2D eigenvalue weighted by Crippen LogP contribution is 2.16. The number of benzene rings is 1. The summed E-state index contributed by atoms with van der Waals surface area (Å²) >= 11 is 0. The largest absolute Gasteiger partial charge is 0.315 e. The van der Waals surface area contributed by atoms with Crippen molar-refractivity contribution in [1.82, 2.24) is 10.6 Å². The van der Waals surface area contributed by atoms with Crippen LogP contribution in [0.2, 0.25) is 0 Å². The van der Waals surface area contributed by atoms with E-state index >= 15 is 0 Å². The van der Waals surface area contributed by atoms with Gasteiger partial charge in [-0.05, 0) is 25.5 Å². The van der Waals surface area contributed by atoms with E-state index in [9.17, 15) is 10.1 Å². The number of rotatable bonds is 4. The van der Waals surface area contributed by atoms with Gasteiger partial charge in [0.05, 0.1) is 4.92 Å². The molecule has 1 atom stereocenters. The van der Waals surface area contributed by atoms with Crippen LogP contribution in [0.1, 0.15) is 18.9 Å². The van der Waals surface area contributed by atoms with Crippen LogP contribution in [0.5, 0.6) is 0 Å². The Morgan fingerprint density at radius 3 is 2.71 bits per heavy atom. The lowest BCUT2D eigenvalue weighted by Gasteiger charge is -2.24. The van der Waals surface area contributed by atoms with Crippen molar-refractivity contribution in [2.75, 3.05) is 13.1 Å². The van der Waals surface area contributed by atoms with Crippen molar-refractivity contribution in [3.63, 3.8) is 0 Å². The maximum absolute atomic E-state index is 10.5. The summed E-state index contributed by atoms with van der Waals surface area (Å²) in [4.78, 5) is 10.1. The summed E-state index contributed by atoms with van der Waals surface area (Å²) in [5.74, 6) is 0. The van der Waals surface area contributed by atoms with Crippen molar-refractivity contribution in [1.29, 1.82) is 0 Å². The molecule has 2 rings (SSSR count). The molecule has 1 aromatic carbocycles. The fraction of sp³-hybridized carbons (Fsp3) is 0.500. The van der Waals surface area contributed by atoms with E-state index in [2.05, 4.69) is 17.6 Å². The second-order valence-corrected chi connectivity index (χ2v) is 4.76. The van der Waals surface area contributed by atoms with Crippen LogP contribution < -0.4 is 10.6 Å². The highest BCUT2D eigenvalue weighted by molar-refractivity contribution is 5.32. The number of nitrogens with zero attached hydrogens (tertiary/aromatic N) is 1. The van der Waals surface area contributed by atoms with E-state index in [1.165, 1.54) is 0 Å². The van der Waals surface area contributed by atoms with E-state index in [4.69, 9.17) is 0 Å². The van der Waals surface area contributed by atoms with Gasteiger partial charge in [0, 0.05) is 30.8 Å². The standard InChI is InChI=1S/C12H17N3O2/c1-12(6-7-13-9-12)14-8-10-2-4-11(5-3-10)15(16)17/h2-5,13-14H,6-9H2,1H3. The van der Waals surface area contributed by atoms with E-state index in [0.717, 1.165) is 31.6 Å². The molecule has 1 aliphatic rings. The lowest BCUT2D eigenvalue weighted by molar-refractivity contribution is -0.384. The SMILES string of the molecule is CC1(NCc2ccc([N+](=O)[O-])cc2)CCNC1. The van der Waals surface area contributed by atoms with Gasteiger partial charge in [0.25, 0.3) is 5.69 Å². The van der Waals surface area contributed by atoms with Crippen LogP contribution in [0, 0.1) is 10.1 Å². The highest BCUT2D eigenvalue weighted by Gasteiger charge is 2.27. The van der Waals surface area contributed by atoms with Crippen molar-refractivity contribution < 1.29 is 4.92 Å². The number of non-ortho nitro benzene ring substituents is 1. The summed E-state index contributed by atoms with van der Waals surface area (Å²) in [5, 5.41) is 17.3. The quantitative estimate of drug-likeness (QED) is 0.612. The Kier molecular flexibility index (Phi) is 3.40. The summed E-state index contributed by atoms with van der Waals surface area (Å²) in [7, 11) is 0. The van der Waals surface area contributed by atoms with Crippen molar-refractivity contribution >= 4 is 5.69 Å². The zero-order valence-corrected chi connectivity index (χ0v) is 9.90. The molecule has 1 fully saturated rings. The fourth-order valence-corrected chi connectivity index (χ4v) is 2.02. The minimum atomic E-state index is -0.376. The first kappa shape index (κ1) is 12.0. The monoisotopic (exact) mass is 235 g/mol. The van der Waals surface area contributed by atoms with Crippen molar-refractivity contribution in [3.05, 3.63) is 39.9 Å². The molecule has 0 aliphatic carbocycles. The Bertz CT molecular complexity index is 397. The Morgan fingerprint density at radius 2 is 2.18 bits per heavy atom. The maximum Gasteiger partial charge on any atom is 0.269 e. The molecule has 2 N–H and O–H groups in total. The predicted molar refractivity (Wildman–Crippen MR) is 65.8 cm³/mol. The Balaban J connectivity index is 1.93. The van der Waals surface area contributed by atoms with E-state index in [0.29, 0.717) is 0 Å². The average molecular weight is 235 g/mol. The molecule has 1 heterocycles. The van der Waals surface area contributed by atoms with E-state index in [1.807, 2.05) is 0 Å². The molecule has 1 saturated heterocycles. The average Bonchev–Trinajstić information content (AvgIpc) is 2.75. The molecule has 92 valence electrons. The maximum atomic E-state index is 10.5. The first-order valence-electron chi connectivity index (χ1n) is 5.78. The Hall–Kier alpha value is -1.46. The van der Waals surface area contributed by atoms with Crippen LogP contribution in [0.15, 0.2) is 24.3 Å². The second-order valence-electron chi connectivity index (χ2n) is 4.76.